The lowest BCUT2D eigenvalue weighted by Crippen LogP contribution is -2.39. The Morgan fingerprint density at radius 3 is 2.74 bits per heavy atom. The van der Waals surface area contributed by atoms with Crippen LogP contribution in [0.2, 0.25) is 0 Å². The third kappa shape index (κ3) is 2.59. The summed E-state index contributed by atoms with van der Waals surface area (Å²) in [6, 6.07) is 2.96. The van der Waals surface area contributed by atoms with E-state index in [4.69, 9.17) is 4.74 Å². The molecule has 102 valence electrons. The molecule has 0 aromatic heterocycles. The van der Waals surface area contributed by atoms with Gasteiger partial charge in [0.25, 0.3) is 0 Å². The quantitative estimate of drug-likeness (QED) is 0.849. The zero-order valence-corrected chi connectivity index (χ0v) is 11.0. The molecule has 1 aliphatic heterocycles. The first kappa shape index (κ1) is 13.5. The Hall–Kier alpha value is -1.91. The molecule has 1 aromatic rings. The molecular formula is C14H16FNO3. The number of piperidine rings is 1. The summed E-state index contributed by atoms with van der Waals surface area (Å²) in [4.78, 5) is 23.0. The molecule has 2 rings (SSSR count). The number of halogens is 1. The number of amides is 2. The monoisotopic (exact) mass is 265 g/mol. The second-order valence-electron chi connectivity index (χ2n) is 4.54. The predicted molar refractivity (Wildman–Crippen MR) is 67.5 cm³/mol. The molecule has 1 atom stereocenters. The van der Waals surface area contributed by atoms with Crippen molar-refractivity contribution in [1.29, 1.82) is 0 Å². The Morgan fingerprint density at radius 1 is 1.42 bits per heavy atom. The first-order valence-corrected chi connectivity index (χ1v) is 6.26. The van der Waals surface area contributed by atoms with Gasteiger partial charge in [-0.05, 0) is 30.5 Å². The van der Waals surface area contributed by atoms with Gasteiger partial charge in [-0.1, -0.05) is 6.92 Å². The molecule has 0 bridgehead atoms. The molecule has 19 heavy (non-hydrogen) atoms. The van der Waals surface area contributed by atoms with Crippen molar-refractivity contribution < 1.29 is 18.7 Å². The van der Waals surface area contributed by atoms with Gasteiger partial charge in [0, 0.05) is 12.0 Å². The molecule has 1 unspecified atom stereocenters. The molecule has 1 aliphatic rings. The number of rotatable bonds is 3. The zero-order chi connectivity index (χ0) is 14.0. The molecule has 5 heteroatoms. The van der Waals surface area contributed by atoms with Crippen LogP contribution in [0.15, 0.2) is 12.1 Å². The van der Waals surface area contributed by atoms with Gasteiger partial charge >= 0.3 is 0 Å². The van der Waals surface area contributed by atoms with Gasteiger partial charge in [0.05, 0.1) is 13.0 Å². The normalized spacial score (nSPS) is 19.2. The van der Waals surface area contributed by atoms with E-state index < -0.39 is 11.8 Å². The van der Waals surface area contributed by atoms with Gasteiger partial charge in [-0.15, -0.1) is 0 Å². The van der Waals surface area contributed by atoms with Crippen molar-refractivity contribution in [1.82, 2.24) is 5.32 Å². The maximum Gasteiger partial charge on any atom is 0.234 e. The molecular weight excluding hydrogens is 249 g/mol. The molecule has 0 aliphatic carbocycles. The minimum Gasteiger partial charge on any atom is -0.496 e. The van der Waals surface area contributed by atoms with E-state index in [9.17, 15) is 14.0 Å². The van der Waals surface area contributed by atoms with Gasteiger partial charge < -0.3 is 4.74 Å². The van der Waals surface area contributed by atoms with Crippen LogP contribution in [0, 0.1) is 5.82 Å². The van der Waals surface area contributed by atoms with Crippen LogP contribution < -0.4 is 10.1 Å². The van der Waals surface area contributed by atoms with Crippen molar-refractivity contribution in [2.75, 3.05) is 7.11 Å². The summed E-state index contributed by atoms with van der Waals surface area (Å²) in [5.74, 6) is -1.06. The number of hydrogen-bond acceptors (Lipinski definition) is 3. The summed E-state index contributed by atoms with van der Waals surface area (Å²) in [6.45, 7) is 1.85. The molecule has 0 radical (unpaired) electrons. The summed E-state index contributed by atoms with van der Waals surface area (Å²) in [5, 5.41) is 2.27. The number of hydrogen-bond donors (Lipinski definition) is 1. The number of methoxy groups -OCH3 is 1. The summed E-state index contributed by atoms with van der Waals surface area (Å²) in [7, 11) is 1.49. The van der Waals surface area contributed by atoms with Crippen molar-refractivity contribution >= 4 is 11.8 Å². The zero-order valence-electron chi connectivity index (χ0n) is 11.0. The third-order valence-electron chi connectivity index (χ3n) is 3.39. The van der Waals surface area contributed by atoms with E-state index >= 15 is 0 Å². The number of benzene rings is 1. The highest BCUT2D eigenvalue weighted by atomic mass is 19.1. The minimum absolute atomic E-state index is 0.261. The number of nitrogens with one attached hydrogen (secondary N) is 1. The summed E-state index contributed by atoms with van der Waals surface area (Å²) >= 11 is 0. The largest absolute Gasteiger partial charge is 0.496 e. The molecule has 1 heterocycles. The maximum atomic E-state index is 13.9. The summed E-state index contributed by atoms with van der Waals surface area (Å²) in [6.07, 6.45) is 1.19. The van der Waals surface area contributed by atoms with Crippen molar-refractivity contribution in [3.05, 3.63) is 29.1 Å². The van der Waals surface area contributed by atoms with Crippen LogP contribution >= 0.6 is 0 Å². The fourth-order valence-electron chi connectivity index (χ4n) is 2.32. The van der Waals surface area contributed by atoms with Gasteiger partial charge in [0.15, 0.2) is 0 Å². The van der Waals surface area contributed by atoms with Crippen LogP contribution in [0.3, 0.4) is 0 Å². The van der Waals surface area contributed by atoms with E-state index in [2.05, 4.69) is 5.32 Å². The lowest BCUT2D eigenvalue weighted by molar-refractivity contribution is -0.134. The molecule has 1 saturated heterocycles. The van der Waals surface area contributed by atoms with Gasteiger partial charge in [0.1, 0.15) is 11.6 Å². The minimum atomic E-state index is -0.534. The number of aryl methyl sites for hydroxylation is 1. The topological polar surface area (TPSA) is 55.4 Å². The van der Waals surface area contributed by atoms with Crippen LogP contribution in [0.1, 0.15) is 36.8 Å². The van der Waals surface area contributed by atoms with Crippen LogP contribution in [0.5, 0.6) is 5.75 Å². The van der Waals surface area contributed by atoms with E-state index in [0.29, 0.717) is 29.7 Å². The van der Waals surface area contributed by atoms with E-state index in [1.165, 1.54) is 13.2 Å². The molecule has 0 saturated carbocycles. The highest BCUT2D eigenvalue weighted by molar-refractivity contribution is 6.01. The van der Waals surface area contributed by atoms with E-state index in [1.807, 2.05) is 6.92 Å². The van der Waals surface area contributed by atoms with Crippen LogP contribution in [0.4, 0.5) is 4.39 Å². The number of carbonyl (C=O) groups excluding carboxylic acids is 2. The van der Waals surface area contributed by atoms with Gasteiger partial charge in [0.2, 0.25) is 11.8 Å². The number of carbonyl (C=O) groups is 2. The smallest absolute Gasteiger partial charge is 0.234 e. The molecule has 1 N–H and O–H groups in total. The van der Waals surface area contributed by atoms with E-state index in [1.54, 1.807) is 6.07 Å². The van der Waals surface area contributed by atoms with E-state index in [0.717, 1.165) is 0 Å². The Balaban J connectivity index is 2.41. The second kappa shape index (κ2) is 5.38. The molecule has 2 amide bonds. The number of ether oxygens (including phenoxy) is 1. The lowest BCUT2D eigenvalue weighted by Gasteiger charge is -2.23. The molecule has 0 spiro atoms. The molecule has 1 aromatic carbocycles. The SMILES string of the molecule is CCc1cc(OC)c(C2CCC(=O)NC2=O)cc1F. The van der Waals surface area contributed by atoms with Gasteiger partial charge in [-0.25, -0.2) is 4.39 Å². The fraction of sp³-hybridized carbons (Fsp3) is 0.429. The van der Waals surface area contributed by atoms with Crippen molar-refractivity contribution in [2.24, 2.45) is 0 Å². The highest BCUT2D eigenvalue weighted by Crippen LogP contribution is 2.34. The summed E-state index contributed by atoms with van der Waals surface area (Å²) < 4.78 is 19.1. The average molecular weight is 265 g/mol. The van der Waals surface area contributed by atoms with Crippen LogP contribution in [0.25, 0.3) is 0 Å². The first-order valence-electron chi connectivity index (χ1n) is 6.26. The number of imide groups is 1. The molecule has 4 nitrogen and oxygen atoms in total. The standard InChI is InChI=1S/C14H16FNO3/c1-3-8-6-12(19-2)10(7-11(8)15)9-4-5-13(17)16-14(9)18/h6-7,9H,3-5H2,1-2H3,(H,16,17,18). The highest BCUT2D eigenvalue weighted by Gasteiger charge is 2.30. The average Bonchev–Trinajstić information content (AvgIpc) is 2.38. The van der Waals surface area contributed by atoms with Crippen molar-refractivity contribution in [3.63, 3.8) is 0 Å². The summed E-state index contributed by atoms with van der Waals surface area (Å²) in [5.41, 5.74) is 1.05. The fourth-order valence-corrected chi connectivity index (χ4v) is 2.32. The predicted octanol–water partition coefficient (Wildman–Crippen LogP) is 1.92. The van der Waals surface area contributed by atoms with Gasteiger partial charge in [-0.3, -0.25) is 14.9 Å². The van der Waals surface area contributed by atoms with Crippen molar-refractivity contribution in [2.45, 2.75) is 32.1 Å². The lowest BCUT2D eigenvalue weighted by atomic mass is 9.89. The second-order valence-corrected chi connectivity index (χ2v) is 4.54. The van der Waals surface area contributed by atoms with Crippen LogP contribution in [-0.4, -0.2) is 18.9 Å². The molecule has 1 fully saturated rings. The Labute approximate surface area is 110 Å². The Morgan fingerprint density at radius 2 is 2.16 bits per heavy atom. The van der Waals surface area contributed by atoms with Crippen molar-refractivity contribution in [3.8, 4) is 5.75 Å². The first-order chi connectivity index (χ1) is 9.06. The van der Waals surface area contributed by atoms with Gasteiger partial charge in [-0.2, -0.15) is 0 Å². The van der Waals surface area contributed by atoms with E-state index in [-0.39, 0.29) is 18.1 Å². The Kier molecular flexibility index (Phi) is 3.83. The van der Waals surface area contributed by atoms with Crippen LogP contribution in [-0.2, 0) is 16.0 Å². The maximum absolute atomic E-state index is 13.9. The third-order valence-corrected chi connectivity index (χ3v) is 3.39. The Bertz CT molecular complexity index is 528.